The van der Waals surface area contributed by atoms with E-state index in [1.54, 1.807) is 36.3 Å². The number of carbonyl (C=O) groups is 8. The number of nitrogens with two attached hydrogens (primary N) is 1. The number of carboxylic acids is 1. The van der Waals surface area contributed by atoms with Gasteiger partial charge in [0.15, 0.2) is 22.5 Å². The summed E-state index contributed by atoms with van der Waals surface area (Å²) in [5, 5.41) is 40.5. The third-order valence-corrected chi connectivity index (χ3v) is 23.2. The summed E-state index contributed by atoms with van der Waals surface area (Å²) in [5.74, 6) is -2.19. The Labute approximate surface area is 604 Å². The molecule has 6 heterocycles. The number of pyridine rings is 1. The average Bonchev–Trinajstić information content (AvgIpc) is 1.50. The van der Waals surface area contributed by atoms with Crippen molar-refractivity contribution in [1.82, 2.24) is 55.7 Å². The molecule has 28 heteroatoms. The molecule has 27 nitrogen and oxygen atoms in total. The number of hydrogen-bond donors (Lipinski definition) is 7. The highest BCUT2D eigenvalue weighted by Crippen LogP contribution is 2.78. The molecule has 4 aromatic heterocycles. The number of anilines is 5. The Morgan fingerprint density at radius 3 is 2.38 bits per heavy atom. The fourth-order valence-electron chi connectivity index (χ4n) is 17.2. The molecule has 548 valence electrons. The van der Waals surface area contributed by atoms with Gasteiger partial charge in [-0.1, -0.05) is 63.7 Å². The van der Waals surface area contributed by atoms with Gasteiger partial charge in [0.05, 0.1) is 62.5 Å². The Morgan fingerprint density at radius 1 is 0.874 bits per heavy atom. The number of likely N-dealkylation sites (N-methyl/N-ethyl adjacent to an activating group) is 1. The van der Waals surface area contributed by atoms with E-state index in [0.717, 1.165) is 118 Å². The number of rotatable bonds is 32. The van der Waals surface area contributed by atoms with Crippen molar-refractivity contribution in [2.75, 3.05) is 82.7 Å². The number of hydrogen-bond acceptors (Lipinski definition) is 18. The normalized spacial score (nSPS) is 21.8. The first-order chi connectivity index (χ1) is 49.0. The Hall–Kier alpha value is -9.25. The smallest absolute Gasteiger partial charge is 0.355 e. The molecule has 4 bridgehead atoms. The van der Waals surface area contributed by atoms with Gasteiger partial charge in [-0.25, -0.2) is 19.6 Å². The third-order valence-electron chi connectivity index (χ3n) is 22.2. The number of aromatic carboxylic acids is 1. The third kappa shape index (κ3) is 16.0. The van der Waals surface area contributed by atoms with Crippen molar-refractivity contribution >= 4 is 97.3 Å². The van der Waals surface area contributed by atoms with Gasteiger partial charge in [0, 0.05) is 96.9 Å². The maximum atomic E-state index is 14.4. The topological polar surface area (TPSA) is 341 Å². The summed E-state index contributed by atoms with van der Waals surface area (Å²) in [7, 11) is 6.16. The molecule has 103 heavy (non-hydrogen) atoms. The van der Waals surface area contributed by atoms with Crippen LogP contribution in [0.4, 0.5) is 33.1 Å². The molecule has 5 fully saturated rings. The summed E-state index contributed by atoms with van der Waals surface area (Å²) in [6, 6.07) is 14.5. The lowest BCUT2D eigenvalue weighted by atomic mass is 9.65. The van der Waals surface area contributed by atoms with E-state index in [2.05, 4.69) is 64.3 Å². The van der Waals surface area contributed by atoms with E-state index >= 15 is 0 Å². The minimum Gasteiger partial charge on any atom is -0.476 e. The summed E-state index contributed by atoms with van der Waals surface area (Å²) in [4.78, 5) is 118. The Morgan fingerprint density at radius 2 is 1.65 bits per heavy atom. The molecule has 5 saturated carbocycles. The van der Waals surface area contributed by atoms with Crippen LogP contribution in [0.15, 0.2) is 72.9 Å². The van der Waals surface area contributed by atoms with Crippen LogP contribution in [-0.2, 0) is 64.3 Å². The molecular formula is C75H97N16O11S+. The minimum atomic E-state index is -1.14. The number of urea groups is 1. The number of amides is 8. The molecule has 0 spiro atoms. The highest BCUT2D eigenvalue weighted by atomic mass is 32.1. The Kier molecular flexibility index (Phi) is 21.3. The van der Waals surface area contributed by atoms with Gasteiger partial charge in [0.2, 0.25) is 23.6 Å². The summed E-state index contributed by atoms with van der Waals surface area (Å²) < 4.78 is 16.5. The van der Waals surface area contributed by atoms with Crippen molar-refractivity contribution in [3.8, 4) is 11.1 Å². The molecule has 7 aliphatic rings. The summed E-state index contributed by atoms with van der Waals surface area (Å²) in [5.41, 5.74) is 12.1. The van der Waals surface area contributed by atoms with E-state index in [9.17, 15) is 43.5 Å². The molecule has 6 atom stereocenters. The first kappa shape index (κ1) is 73.5. The number of nitrogens with zero attached hydrogens (tertiary/aromatic N) is 10. The van der Waals surface area contributed by atoms with Crippen molar-refractivity contribution in [3.63, 3.8) is 0 Å². The second-order valence-electron chi connectivity index (χ2n) is 31.0. The number of carbonyl (C=O) groups excluding carboxylic acids is 7. The maximum absolute atomic E-state index is 14.4. The van der Waals surface area contributed by atoms with Crippen LogP contribution in [0.3, 0.4) is 0 Å². The van der Waals surface area contributed by atoms with E-state index in [0.29, 0.717) is 72.5 Å². The zero-order chi connectivity index (χ0) is 73.3. The summed E-state index contributed by atoms with van der Waals surface area (Å²) in [6.07, 6.45) is 13.6. The number of ether oxygens (including phenoxy) is 2. The van der Waals surface area contributed by atoms with Crippen LogP contribution in [0.1, 0.15) is 143 Å². The first-order valence-electron chi connectivity index (χ1n) is 35.9. The predicted molar refractivity (Wildman–Crippen MR) is 389 cm³/mol. The molecule has 4 unspecified atom stereocenters. The second kappa shape index (κ2) is 29.8. The van der Waals surface area contributed by atoms with Crippen LogP contribution >= 0.6 is 11.3 Å². The van der Waals surface area contributed by atoms with Gasteiger partial charge in [-0.15, -0.1) is 10.2 Å². The van der Waals surface area contributed by atoms with Crippen LogP contribution in [0, 0.1) is 41.9 Å². The number of carboxylic acid groups (broad SMARTS) is 1. The second-order valence-corrected chi connectivity index (χ2v) is 32.0. The number of para-hydroxylation sites is 1. The van der Waals surface area contributed by atoms with Crippen molar-refractivity contribution in [2.45, 2.75) is 162 Å². The summed E-state index contributed by atoms with van der Waals surface area (Å²) >= 11 is 1.55. The van der Waals surface area contributed by atoms with Gasteiger partial charge in [-0.3, -0.25) is 38.3 Å². The van der Waals surface area contributed by atoms with E-state index in [1.165, 1.54) is 12.2 Å². The van der Waals surface area contributed by atoms with Gasteiger partial charge < -0.3 is 61.2 Å². The standard InChI is InChI=1S/C75H96N16O11S/c1-45(2)62(83-59(92)27-32-101-33-30-89-60(93)25-26-61(89)94)67(96)80-56(19-13-28-77-70(76)100)66(95)79-51-22-21-49(50(35-51)37-87(7)68(97)48-15-12-16-48)38-91(8,9)31-34-102-75-41-72(5)39-73(6,42-75)74(40-72,43-75)44-90-47(4)54(36-78-90)53-23-24-58(82-63(53)69(98)99)88-29-14-17-52-46(3)64(85-86-65(52)88)84-71-81-55-18-10-11-20-57(55)103-71/h10-11,18,20-26,35-36,45,48,56,62H,12-17,19,27-34,37-44H2,1-9H3,(H7-,76,77,79,80,81,83,84,85,92,95,96,98,99,100)/p+1/t56-,62-,72?,73?,74?,75?/m0/s1. The van der Waals surface area contributed by atoms with Gasteiger partial charge in [0.25, 0.3) is 11.8 Å². The van der Waals surface area contributed by atoms with Crippen molar-refractivity contribution in [1.29, 1.82) is 0 Å². The zero-order valence-electron chi connectivity index (χ0n) is 60.5. The molecule has 6 aromatic rings. The number of primary amides is 1. The minimum absolute atomic E-state index is 0.0253. The van der Waals surface area contributed by atoms with Crippen LogP contribution < -0.4 is 37.2 Å². The van der Waals surface area contributed by atoms with Gasteiger partial charge in [-0.05, 0) is 149 Å². The SMILES string of the molecule is Cc1c(Nc2nc3ccccc3s2)nnc2c1CCCN2c1ccc(-c2cnn(CC34CC5(C)CC(OCC[N+](C)(C)Cc6ccc(NC(=O)[C@H](CCCNC(N)=O)NC(=O)[C@@H](NC(=O)CCOCCN7C(=O)C=CC7=O)C(C)C)cc6CN(C)C(=O)C6CCC6)(CC3(C)C5)C4)c2C)c(C(=O)O)n1. The van der Waals surface area contributed by atoms with E-state index < -0.39 is 59.5 Å². The zero-order valence-corrected chi connectivity index (χ0v) is 61.3. The monoisotopic (exact) mass is 1430 g/mol. The lowest BCUT2D eigenvalue weighted by Crippen LogP contribution is -2.54. The van der Waals surface area contributed by atoms with Crippen LogP contribution in [-0.4, -0.2) is 182 Å². The highest BCUT2D eigenvalue weighted by molar-refractivity contribution is 7.22. The number of quaternary nitrogens is 1. The van der Waals surface area contributed by atoms with Gasteiger partial charge in [0.1, 0.15) is 31.0 Å². The molecule has 8 N–H and O–H groups in total. The van der Waals surface area contributed by atoms with Gasteiger partial charge >= 0.3 is 12.0 Å². The number of thiazole rings is 1. The molecule has 2 aliphatic heterocycles. The fraction of sp³-hybridized carbons (Fsp3) is 0.533. The highest BCUT2D eigenvalue weighted by Gasteiger charge is 2.74. The average molecular weight is 1430 g/mol. The number of benzene rings is 2. The number of nitrogens with one attached hydrogen (secondary N) is 5. The molecular weight excluding hydrogens is 1330 g/mol. The maximum Gasteiger partial charge on any atom is 0.355 e. The largest absolute Gasteiger partial charge is 0.476 e. The van der Waals surface area contributed by atoms with Crippen molar-refractivity contribution < 1.29 is 57.4 Å². The van der Waals surface area contributed by atoms with Crippen molar-refractivity contribution in [2.24, 2.45) is 33.8 Å². The number of imide groups is 1. The Balaban J connectivity index is 0.698. The predicted octanol–water partition coefficient (Wildman–Crippen LogP) is 8.61. The molecule has 8 amide bonds. The van der Waals surface area contributed by atoms with Crippen LogP contribution in [0.2, 0.25) is 0 Å². The molecule has 0 saturated heterocycles. The summed E-state index contributed by atoms with van der Waals surface area (Å²) in [6.45, 7) is 15.9. The Bertz CT molecular complexity index is 4270. The van der Waals surface area contributed by atoms with Gasteiger partial charge in [-0.2, -0.15) is 5.10 Å². The molecule has 5 aliphatic carbocycles. The number of fused-ring (bicyclic) bond motifs is 2. The van der Waals surface area contributed by atoms with E-state index in [-0.39, 0.29) is 84.9 Å². The van der Waals surface area contributed by atoms with Crippen LogP contribution in [0.25, 0.3) is 21.3 Å². The van der Waals surface area contributed by atoms with E-state index in [4.69, 9.17) is 35.4 Å². The molecule has 0 radical (unpaired) electrons. The quantitative estimate of drug-likeness (QED) is 0.0118. The van der Waals surface area contributed by atoms with Crippen LogP contribution in [0.5, 0.6) is 0 Å². The number of aromatic nitrogens is 6. The molecule has 2 aromatic carbocycles. The van der Waals surface area contributed by atoms with Crippen molar-refractivity contribution in [3.05, 3.63) is 107 Å². The lowest BCUT2D eigenvalue weighted by Gasteiger charge is -2.46. The fourth-order valence-corrected chi connectivity index (χ4v) is 18.1. The lowest BCUT2D eigenvalue weighted by molar-refractivity contribution is -0.904. The first-order valence-corrected chi connectivity index (χ1v) is 36.8. The van der Waals surface area contributed by atoms with E-state index in [1.807, 2.05) is 80.4 Å². The molecule has 13 rings (SSSR count).